The molecule has 4 heteroatoms. The Morgan fingerprint density at radius 3 is 2.09 bits per heavy atom. The summed E-state index contributed by atoms with van der Waals surface area (Å²) in [4.78, 5) is 24.6. The third kappa shape index (κ3) is 4.19. The summed E-state index contributed by atoms with van der Waals surface area (Å²) in [7, 11) is 1.34. The van der Waals surface area contributed by atoms with Crippen LogP contribution in [0.3, 0.4) is 0 Å². The van der Waals surface area contributed by atoms with Crippen LogP contribution in [0, 0.1) is 0 Å². The summed E-state index contributed by atoms with van der Waals surface area (Å²) in [5.41, 5.74) is 1.52. The molecule has 0 aromatic heterocycles. The van der Waals surface area contributed by atoms with Gasteiger partial charge in [0.15, 0.2) is 0 Å². The fourth-order valence-corrected chi connectivity index (χ4v) is 2.63. The lowest BCUT2D eigenvalue weighted by molar-refractivity contribution is -0.143. The fraction of sp³-hybridized carbons (Fsp3) is 0.263. The number of methoxy groups -OCH3 is 1. The van der Waals surface area contributed by atoms with Gasteiger partial charge in [-0.2, -0.15) is 0 Å². The second-order valence-corrected chi connectivity index (χ2v) is 5.27. The van der Waals surface area contributed by atoms with Gasteiger partial charge in [0.25, 0.3) is 5.91 Å². The monoisotopic (exact) mass is 311 g/mol. The minimum absolute atomic E-state index is 0.142. The highest BCUT2D eigenvalue weighted by Gasteiger charge is 2.31. The summed E-state index contributed by atoms with van der Waals surface area (Å²) < 4.78 is 4.90. The normalized spacial score (nSPS) is 13.0. The maximum Gasteiger partial charge on any atom is 0.329 e. The van der Waals surface area contributed by atoms with E-state index >= 15 is 0 Å². The second-order valence-electron chi connectivity index (χ2n) is 5.27. The molecule has 1 amide bonds. The minimum Gasteiger partial charge on any atom is -0.467 e. The van der Waals surface area contributed by atoms with Crippen molar-refractivity contribution in [1.82, 2.24) is 5.32 Å². The predicted molar refractivity (Wildman–Crippen MR) is 89.2 cm³/mol. The Labute approximate surface area is 136 Å². The van der Waals surface area contributed by atoms with Crippen molar-refractivity contribution in [1.29, 1.82) is 0 Å². The molecule has 0 aliphatic heterocycles. The number of amides is 1. The molecule has 2 aromatic rings. The summed E-state index contributed by atoms with van der Waals surface area (Å²) in [5, 5.41) is 2.82. The second kappa shape index (κ2) is 8.13. The van der Waals surface area contributed by atoms with Gasteiger partial charge < -0.3 is 10.1 Å². The third-order valence-electron chi connectivity index (χ3n) is 3.85. The Balaban J connectivity index is 2.26. The van der Waals surface area contributed by atoms with E-state index in [-0.39, 0.29) is 11.8 Å². The SMILES string of the molecule is CCC(c1ccccc1)[C@H](NC(=O)c1ccccc1)C(=O)OC. The molecule has 23 heavy (non-hydrogen) atoms. The zero-order valence-corrected chi connectivity index (χ0v) is 13.4. The van der Waals surface area contributed by atoms with Crippen molar-refractivity contribution in [3.8, 4) is 0 Å². The molecule has 1 N–H and O–H groups in total. The zero-order chi connectivity index (χ0) is 16.7. The van der Waals surface area contributed by atoms with Crippen molar-refractivity contribution in [3.05, 3.63) is 71.8 Å². The molecule has 0 fully saturated rings. The van der Waals surface area contributed by atoms with Crippen LogP contribution in [0.5, 0.6) is 0 Å². The van der Waals surface area contributed by atoms with Gasteiger partial charge in [-0.05, 0) is 24.1 Å². The predicted octanol–water partition coefficient (Wildman–Crippen LogP) is 3.15. The first kappa shape index (κ1) is 16.7. The Bertz CT molecular complexity index is 640. The van der Waals surface area contributed by atoms with Crippen LogP contribution in [0.4, 0.5) is 0 Å². The van der Waals surface area contributed by atoms with Gasteiger partial charge in [0.05, 0.1) is 7.11 Å². The molecule has 0 aliphatic carbocycles. The first-order chi connectivity index (χ1) is 11.2. The third-order valence-corrected chi connectivity index (χ3v) is 3.85. The quantitative estimate of drug-likeness (QED) is 0.834. The van der Waals surface area contributed by atoms with Crippen molar-refractivity contribution in [2.75, 3.05) is 7.11 Å². The Morgan fingerprint density at radius 2 is 1.57 bits per heavy atom. The molecule has 0 heterocycles. The molecule has 2 atom stereocenters. The van der Waals surface area contributed by atoms with E-state index in [0.717, 1.165) is 5.56 Å². The lowest BCUT2D eigenvalue weighted by Crippen LogP contribution is -2.45. The van der Waals surface area contributed by atoms with E-state index in [1.54, 1.807) is 24.3 Å². The topological polar surface area (TPSA) is 55.4 Å². The molecule has 1 unspecified atom stereocenters. The van der Waals surface area contributed by atoms with E-state index < -0.39 is 12.0 Å². The van der Waals surface area contributed by atoms with Crippen molar-refractivity contribution in [2.24, 2.45) is 0 Å². The van der Waals surface area contributed by atoms with Gasteiger partial charge in [-0.3, -0.25) is 4.79 Å². The number of ether oxygens (including phenoxy) is 1. The Hall–Kier alpha value is -2.62. The van der Waals surface area contributed by atoms with Gasteiger partial charge in [-0.1, -0.05) is 55.5 Å². The van der Waals surface area contributed by atoms with Crippen LogP contribution in [0.25, 0.3) is 0 Å². The molecule has 0 saturated heterocycles. The summed E-state index contributed by atoms with van der Waals surface area (Å²) >= 11 is 0. The molecule has 2 aromatic carbocycles. The van der Waals surface area contributed by atoms with Crippen LogP contribution in [0.2, 0.25) is 0 Å². The number of nitrogens with one attached hydrogen (secondary N) is 1. The van der Waals surface area contributed by atoms with Crippen molar-refractivity contribution in [2.45, 2.75) is 25.3 Å². The summed E-state index contributed by atoms with van der Waals surface area (Å²) in [6, 6.07) is 17.8. The number of carbonyl (C=O) groups excluding carboxylic acids is 2. The summed E-state index contributed by atoms with van der Waals surface area (Å²) in [6.45, 7) is 1.99. The van der Waals surface area contributed by atoms with E-state index in [2.05, 4.69) is 5.32 Å². The van der Waals surface area contributed by atoms with Crippen molar-refractivity contribution < 1.29 is 14.3 Å². The van der Waals surface area contributed by atoms with Gasteiger partial charge >= 0.3 is 5.97 Å². The van der Waals surface area contributed by atoms with E-state index in [9.17, 15) is 9.59 Å². The zero-order valence-electron chi connectivity index (χ0n) is 13.4. The summed E-state index contributed by atoms with van der Waals surface area (Å²) in [6.07, 6.45) is 0.707. The number of esters is 1. The van der Waals surface area contributed by atoms with Crippen molar-refractivity contribution >= 4 is 11.9 Å². The summed E-state index contributed by atoms with van der Waals surface area (Å²) in [5.74, 6) is -0.864. The molecule has 0 saturated carbocycles. The largest absolute Gasteiger partial charge is 0.467 e. The number of hydrogen-bond acceptors (Lipinski definition) is 3. The maximum atomic E-state index is 12.4. The van der Waals surface area contributed by atoms with E-state index in [1.807, 2.05) is 43.3 Å². The highest BCUT2D eigenvalue weighted by atomic mass is 16.5. The smallest absolute Gasteiger partial charge is 0.329 e. The number of hydrogen-bond donors (Lipinski definition) is 1. The van der Waals surface area contributed by atoms with Gasteiger partial charge in [0.1, 0.15) is 6.04 Å². The average molecular weight is 311 g/mol. The van der Waals surface area contributed by atoms with Gasteiger partial charge in [-0.25, -0.2) is 4.79 Å². The molecule has 4 nitrogen and oxygen atoms in total. The van der Waals surface area contributed by atoms with Crippen LogP contribution >= 0.6 is 0 Å². The van der Waals surface area contributed by atoms with Crippen LogP contribution in [-0.2, 0) is 9.53 Å². The maximum absolute atomic E-state index is 12.4. The highest BCUT2D eigenvalue weighted by Crippen LogP contribution is 2.24. The Kier molecular flexibility index (Phi) is 5.92. The van der Waals surface area contributed by atoms with E-state index in [0.29, 0.717) is 12.0 Å². The molecule has 0 aliphatic rings. The molecule has 2 rings (SSSR count). The van der Waals surface area contributed by atoms with Crippen LogP contribution in [-0.4, -0.2) is 25.0 Å². The van der Waals surface area contributed by atoms with Crippen LogP contribution in [0.15, 0.2) is 60.7 Å². The van der Waals surface area contributed by atoms with Crippen LogP contribution < -0.4 is 5.32 Å². The first-order valence-corrected chi connectivity index (χ1v) is 7.66. The van der Waals surface area contributed by atoms with Crippen LogP contribution in [0.1, 0.15) is 35.2 Å². The first-order valence-electron chi connectivity index (χ1n) is 7.66. The number of carbonyl (C=O) groups is 2. The molecule has 120 valence electrons. The van der Waals surface area contributed by atoms with Crippen molar-refractivity contribution in [3.63, 3.8) is 0 Å². The van der Waals surface area contributed by atoms with Gasteiger partial charge in [0.2, 0.25) is 0 Å². The Morgan fingerprint density at radius 1 is 1.00 bits per heavy atom. The number of rotatable bonds is 6. The van der Waals surface area contributed by atoms with E-state index in [1.165, 1.54) is 7.11 Å². The minimum atomic E-state index is -0.722. The standard InChI is InChI=1S/C19H21NO3/c1-3-16(14-10-6-4-7-11-14)17(19(22)23-2)20-18(21)15-12-8-5-9-13-15/h4-13,16-17H,3H2,1-2H3,(H,20,21)/t16?,17-/m0/s1. The highest BCUT2D eigenvalue weighted by molar-refractivity contribution is 5.97. The van der Waals surface area contributed by atoms with Gasteiger partial charge in [0, 0.05) is 11.5 Å². The molecular weight excluding hydrogens is 290 g/mol. The lowest BCUT2D eigenvalue weighted by atomic mass is 9.89. The fourth-order valence-electron chi connectivity index (χ4n) is 2.63. The van der Waals surface area contributed by atoms with E-state index in [4.69, 9.17) is 4.74 Å². The lowest BCUT2D eigenvalue weighted by Gasteiger charge is -2.25. The average Bonchev–Trinajstić information content (AvgIpc) is 2.62. The molecule has 0 radical (unpaired) electrons. The number of benzene rings is 2. The molecular formula is C19H21NO3. The molecule has 0 spiro atoms. The molecule has 0 bridgehead atoms. The van der Waals surface area contributed by atoms with Gasteiger partial charge in [-0.15, -0.1) is 0 Å².